The largest absolute Gasteiger partial charge is 0.0619 e. The Labute approximate surface area is 123 Å². The van der Waals surface area contributed by atoms with Gasteiger partial charge in [-0.15, -0.1) is 0 Å². The van der Waals surface area contributed by atoms with E-state index in [2.05, 4.69) is 77.9 Å². The molecule has 0 heterocycles. The van der Waals surface area contributed by atoms with Gasteiger partial charge in [-0.1, -0.05) is 49.2 Å². The first kappa shape index (κ1) is 14.8. The lowest BCUT2D eigenvalue weighted by molar-refractivity contribution is 0.561. The molecule has 0 spiro atoms. The Morgan fingerprint density at radius 2 is 1.10 bits per heavy atom. The van der Waals surface area contributed by atoms with Crippen molar-refractivity contribution in [3.05, 3.63) is 69.8 Å². The second-order valence-corrected chi connectivity index (χ2v) is 6.31. The summed E-state index contributed by atoms with van der Waals surface area (Å²) in [6.45, 7) is 13.1. The Kier molecular flexibility index (Phi) is 4.32. The third-order valence-corrected chi connectivity index (χ3v) is 3.67. The van der Waals surface area contributed by atoms with Crippen LogP contribution in [0.5, 0.6) is 0 Å². The lowest BCUT2D eigenvalue weighted by Crippen LogP contribution is -2.10. The van der Waals surface area contributed by atoms with Crippen LogP contribution in [0, 0.1) is 45.7 Å². The molecule has 0 atom stereocenters. The number of hydrogen-bond acceptors (Lipinski definition) is 0. The summed E-state index contributed by atoms with van der Waals surface area (Å²) in [5, 5.41) is 0. The van der Waals surface area contributed by atoms with Gasteiger partial charge in [0, 0.05) is 5.92 Å². The smallest absolute Gasteiger partial charge is 0.0125 e. The average molecular weight is 264 g/mol. The Hall–Kier alpha value is -1.56. The highest BCUT2D eigenvalue weighted by molar-refractivity contribution is 5.39. The Balaban J connectivity index is 2.56. The van der Waals surface area contributed by atoms with Crippen LogP contribution >= 0.6 is 0 Å². The van der Waals surface area contributed by atoms with Crippen LogP contribution in [0.25, 0.3) is 0 Å². The molecule has 0 N–H and O–H groups in total. The fourth-order valence-electron chi connectivity index (χ4n) is 3.08. The highest BCUT2D eigenvalue weighted by atomic mass is 14.2. The van der Waals surface area contributed by atoms with Crippen molar-refractivity contribution in [2.24, 2.45) is 5.92 Å². The van der Waals surface area contributed by atoms with Crippen LogP contribution in [-0.4, -0.2) is 0 Å². The maximum Gasteiger partial charge on any atom is 0.0125 e. The van der Waals surface area contributed by atoms with Crippen molar-refractivity contribution in [3.63, 3.8) is 0 Å². The van der Waals surface area contributed by atoms with Crippen molar-refractivity contribution >= 4 is 0 Å². The SMILES string of the molecule is Cc1[c]c(C(c2[c]c(C)cc(C)c2)C(C)C)cc(C)c1. The maximum absolute atomic E-state index is 3.55. The molecule has 0 bridgehead atoms. The summed E-state index contributed by atoms with van der Waals surface area (Å²) < 4.78 is 0. The highest BCUT2D eigenvalue weighted by Gasteiger charge is 2.19. The first-order chi connectivity index (χ1) is 9.36. The van der Waals surface area contributed by atoms with E-state index in [4.69, 9.17) is 0 Å². The lowest BCUT2D eigenvalue weighted by Gasteiger charge is -2.23. The van der Waals surface area contributed by atoms with Crippen molar-refractivity contribution in [1.82, 2.24) is 0 Å². The van der Waals surface area contributed by atoms with Crippen LogP contribution < -0.4 is 0 Å². The van der Waals surface area contributed by atoms with Crippen LogP contribution in [0.15, 0.2) is 24.3 Å². The van der Waals surface area contributed by atoms with E-state index in [0.29, 0.717) is 11.8 Å². The summed E-state index contributed by atoms with van der Waals surface area (Å²) in [4.78, 5) is 0. The lowest BCUT2D eigenvalue weighted by atomic mass is 9.80. The third kappa shape index (κ3) is 3.30. The van der Waals surface area contributed by atoms with E-state index in [0.717, 1.165) is 0 Å². The molecule has 0 fully saturated rings. The fourth-order valence-corrected chi connectivity index (χ4v) is 3.08. The standard InChI is InChI=1S/C20H24/c1-13(2)20(18-9-14(3)7-15(4)10-18)19-11-16(5)8-17(6)12-19/h7-9,11,13,20H,1-6H3. The average Bonchev–Trinajstić information content (AvgIpc) is 2.25. The van der Waals surface area contributed by atoms with Gasteiger partial charge in [-0.3, -0.25) is 0 Å². The van der Waals surface area contributed by atoms with E-state index in [1.807, 2.05) is 0 Å². The molecule has 0 heteroatoms. The van der Waals surface area contributed by atoms with Gasteiger partial charge in [-0.25, -0.2) is 0 Å². The molecule has 2 aromatic rings. The third-order valence-electron chi connectivity index (χ3n) is 3.67. The minimum atomic E-state index is 0.368. The molecular weight excluding hydrogens is 240 g/mol. The zero-order valence-electron chi connectivity index (χ0n) is 13.5. The van der Waals surface area contributed by atoms with Crippen molar-refractivity contribution < 1.29 is 0 Å². The molecule has 0 aromatic heterocycles. The highest BCUT2D eigenvalue weighted by Crippen LogP contribution is 2.33. The van der Waals surface area contributed by atoms with Gasteiger partial charge in [0.05, 0.1) is 0 Å². The second kappa shape index (κ2) is 5.83. The summed E-state index contributed by atoms with van der Waals surface area (Å²) in [6.07, 6.45) is 0. The molecule has 0 saturated heterocycles. The minimum absolute atomic E-state index is 0.368. The summed E-state index contributed by atoms with van der Waals surface area (Å²) in [7, 11) is 0. The summed E-state index contributed by atoms with van der Waals surface area (Å²) in [5.74, 6) is 0.900. The number of rotatable bonds is 3. The first-order valence-corrected chi connectivity index (χ1v) is 7.37. The first-order valence-electron chi connectivity index (χ1n) is 7.37. The molecule has 0 nitrogen and oxygen atoms in total. The van der Waals surface area contributed by atoms with Crippen molar-refractivity contribution in [2.45, 2.75) is 47.5 Å². The topological polar surface area (TPSA) is 0 Å². The molecule has 2 radical (unpaired) electrons. The van der Waals surface area contributed by atoms with E-state index in [1.54, 1.807) is 0 Å². The van der Waals surface area contributed by atoms with Crippen molar-refractivity contribution in [3.8, 4) is 0 Å². The van der Waals surface area contributed by atoms with Gasteiger partial charge in [-0.05, 0) is 68.0 Å². The Morgan fingerprint density at radius 3 is 1.40 bits per heavy atom. The normalized spacial score (nSPS) is 11.4. The maximum atomic E-state index is 3.55. The van der Waals surface area contributed by atoms with Crippen LogP contribution in [0.4, 0.5) is 0 Å². The number of aryl methyl sites for hydroxylation is 4. The molecule has 0 aliphatic carbocycles. The molecule has 2 rings (SSSR count). The predicted molar refractivity (Wildman–Crippen MR) is 86.2 cm³/mol. The number of benzene rings is 2. The molecule has 0 aliphatic heterocycles. The summed E-state index contributed by atoms with van der Waals surface area (Å²) >= 11 is 0. The molecule has 20 heavy (non-hydrogen) atoms. The molecule has 2 aromatic carbocycles. The van der Waals surface area contributed by atoms with E-state index in [9.17, 15) is 0 Å². The molecule has 0 unspecified atom stereocenters. The molecular formula is C20H24. The monoisotopic (exact) mass is 264 g/mol. The van der Waals surface area contributed by atoms with E-state index < -0.39 is 0 Å². The molecule has 0 aliphatic rings. The van der Waals surface area contributed by atoms with Gasteiger partial charge in [-0.2, -0.15) is 0 Å². The Morgan fingerprint density at radius 1 is 0.700 bits per heavy atom. The summed E-state index contributed by atoms with van der Waals surface area (Å²) in [6, 6.07) is 16.0. The van der Waals surface area contributed by atoms with Gasteiger partial charge >= 0.3 is 0 Å². The number of hydrogen-bond donors (Lipinski definition) is 0. The molecule has 104 valence electrons. The predicted octanol–water partition coefficient (Wildman–Crippen LogP) is 5.31. The summed E-state index contributed by atoms with van der Waals surface area (Å²) in [5.41, 5.74) is 7.64. The van der Waals surface area contributed by atoms with Crippen LogP contribution in [0.2, 0.25) is 0 Å². The minimum Gasteiger partial charge on any atom is -0.0619 e. The van der Waals surface area contributed by atoms with Gasteiger partial charge in [0.25, 0.3) is 0 Å². The van der Waals surface area contributed by atoms with Crippen molar-refractivity contribution in [2.75, 3.05) is 0 Å². The van der Waals surface area contributed by atoms with Gasteiger partial charge < -0.3 is 0 Å². The quantitative estimate of drug-likeness (QED) is 0.705. The molecule has 0 amide bonds. The van der Waals surface area contributed by atoms with E-state index in [1.165, 1.54) is 33.4 Å². The van der Waals surface area contributed by atoms with E-state index in [-0.39, 0.29) is 0 Å². The van der Waals surface area contributed by atoms with Crippen LogP contribution in [-0.2, 0) is 0 Å². The fraction of sp³-hybridized carbons (Fsp3) is 0.400. The van der Waals surface area contributed by atoms with Crippen LogP contribution in [0.3, 0.4) is 0 Å². The zero-order valence-corrected chi connectivity index (χ0v) is 13.5. The zero-order chi connectivity index (χ0) is 14.9. The molecule has 0 saturated carbocycles. The van der Waals surface area contributed by atoms with Gasteiger partial charge in [0.1, 0.15) is 0 Å². The second-order valence-electron chi connectivity index (χ2n) is 6.31. The van der Waals surface area contributed by atoms with Crippen LogP contribution in [0.1, 0.15) is 53.1 Å². The van der Waals surface area contributed by atoms with E-state index >= 15 is 0 Å². The van der Waals surface area contributed by atoms with Gasteiger partial charge in [0.15, 0.2) is 0 Å². The van der Waals surface area contributed by atoms with Gasteiger partial charge in [0.2, 0.25) is 0 Å². The van der Waals surface area contributed by atoms with Crippen molar-refractivity contribution in [1.29, 1.82) is 0 Å². The Bertz CT molecular complexity index is 513.